The Morgan fingerprint density at radius 1 is 1.30 bits per heavy atom. The molecule has 3 heteroatoms. The van der Waals surface area contributed by atoms with Crippen LogP contribution in [0.3, 0.4) is 0 Å². The SMILES string of the molecule is Cc1ccc(C2C(N)CCCC(=O)N2CC(C)C)cc1. The highest BCUT2D eigenvalue weighted by molar-refractivity contribution is 5.77. The van der Waals surface area contributed by atoms with Gasteiger partial charge in [-0.3, -0.25) is 4.79 Å². The normalized spacial score (nSPS) is 24.1. The van der Waals surface area contributed by atoms with Crippen LogP contribution >= 0.6 is 0 Å². The van der Waals surface area contributed by atoms with E-state index < -0.39 is 0 Å². The first-order valence-electron chi connectivity index (χ1n) is 7.60. The molecular weight excluding hydrogens is 248 g/mol. The maximum Gasteiger partial charge on any atom is 0.223 e. The van der Waals surface area contributed by atoms with Crippen molar-refractivity contribution in [1.29, 1.82) is 0 Å². The second-order valence-electron chi connectivity index (χ2n) is 6.35. The van der Waals surface area contributed by atoms with Gasteiger partial charge in [0.25, 0.3) is 0 Å². The summed E-state index contributed by atoms with van der Waals surface area (Å²) in [5.74, 6) is 0.703. The van der Waals surface area contributed by atoms with E-state index in [2.05, 4.69) is 45.0 Å². The number of rotatable bonds is 3. The summed E-state index contributed by atoms with van der Waals surface area (Å²) in [5, 5.41) is 0. The van der Waals surface area contributed by atoms with Crippen LogP contribution in [0.4, 0.5) is 0 Å². The van der Waals surface area contributed by atoms with Crippen molar-refractivity contribution < 1.29 is 4.79 Å². The van der Waals surface area contributed by atoms with Crippen molar-refractivity contribution in [2.45, 2.75) is 52.1 Å². The Bertz CT molecular complexity index is 453. The van der Waals surface area contributed by atoms with Gasteiger partial charge in [0.2, 0.25) is 5.91 Å². The standard InChI is InChI=1S/C17H26N2O/c1-12(2)11-19-16(20)6-4-5-15(18)17(19)14-9-7-13(3)8-10-14/h7-10,12,15,17H,4-6,11,18H2,1-3H3. The van der Waals surface area contributed by atoms with Gasteiger partial charge in [-0.15, -0.1) is 0 Å². The molecule has 110 valence electrons. The van der Waals surface area contributed by atoms with Crippen molar-refractivity contribution in [2.75, 3.05) is 6.54 Å². The summed E-state index contributed by atoms with van der Waals surface area (Å²) >= 11 is 0. The van der Waals surface area contributed by atoms with E-state index in [9.17, 15) is 4.79 Å². The predicted octanol–water partition coefficient (Wildman–Crippen LogP) is 3.03. The fourth-order valence-corrected chi connectivity index (χ4v) is 2.98. The van der Waals surface area contributed by atoms with E-state index in [1.807, 2.05) is 4.90 Å². The third-order valence-electron chi connectivity index (χ3n) is 3.97. The molecule has 20 heavy (non-hydrogen) atoms. The highest BCUT2D eigenvalue weighted by atomic mass is 16.2. The summed E-state index contributed by atoms with van der Waals surface area (Å²) in [4.78, 5) is 14.4. The zero-order chi connectivity index (χ0) is 14.7. The van der Waals surface area contributed by atoms with Gasteiger partial charge in [0.15, 0.2) is 0 Å². The molecule has 1 amide bonds. The van der Waals surface area contributed by atoms with Crippen LogP contribution in [-0.4, -0.2) is 23.4 Å². The first-order chi connectivity index (χ1) is 9.49. The molecule has 0 bridgehead atoms. The van der Waals surface area contributed by atoms with E-state index in [-0.39, 0.29) is 18.0 Å². The van der Waals surface area contributed by atoms with Crippen LogP contribution in [0, 0.1) is 12.8 Å². The molecule has 0 aliphatic carbocycles. The molecule has 0 saturated carbocycles. The number of benzene rings is 1. The van der Waals surface area contributed by atoms with E-state index in [4.69, 9.17) is 5.73 Å². The Morgan fingerprint density at radius 2 is 1.95 bits per heavy atom. The van der Waals surface area contributed by atoms with Crippen molar-refractivity contribution in [2.24, 2.45) is 11.7 Å². The van der Waals surface area contributed by atoms with Gasteiger partial charge in [-0.2, -0.15) is 0 Å². The molecule has 2 atom stereocenters. The summed E-state index contributed by atoms with van der Waals surface area (Å²) < 4.78 is 0. The van der Waals surface area contributed by atoms with Crippen LogP contribution in [0.5, 0.6) is 0 Å². The van der Waals surface area contributed by atoms with Crippen LogP contribution in [0.25, 0.3) is 0 Å². The molecule has 2 N–H and O–H groups in total. The van der Waals surface area contributed by atoms with E-state index in [1.54, 1.807) is 0 Å². The molecular formula is C17H26N2O. The number of carbonyl (C=O) groups excluding carboxylic acids is 1. The Hall–Kier alpha value is -1.35. The second-order valence-corrected chi connectivity index (χ2v) is 6.35. The average Bonchev–Trinajstić information content (AvgIpc) is 2.51. The molecule has 1 aliphatic heterocycles. The molecule has 1 aliphatic rings. The van der Waals surface area contributed by atoms with E-state index in [1.165, 1.54) is 11.1 Å². The maximum atomic E-state index is 12.4. The smallest absolute Gasteiger partial charge is 0.223 e. The largest absolute Gasteiger partial charge is 0.334 e. The Morgan fingerprint density at radius 3 is 2.55 bits per heavy atom. The Balaban J connectivity index is 2.35. The molecule has 0 spiro atoms. The highest BCUT2D eigenvalue weighted by Gasteiger charge is 2.32. The Labute approximate surface area is 122 Å². The molecule has 1 heterocycles. The van der Waals surface area contributed by atoms with Gasteiger partial charge in [0.1, 0.15) is 0 Å². The van der Waals surface area contributed by atoms with Gasteiger partial charge < -0.3 is 10.6 Å². The molecule has 1 aromatic rings. The van der Waals surface area contributed by atoms with Crippen LogP contribution in [0.15, 0.2) is 24.3 Å². The minimum Gasteiger partial charge on any atom is -0.334 e. The third-order valence-corrected chi connectivity index (χ3v) is 3.97. The lowest BCUT2D eigenvalue weighted by Crippen LogP contribution is -2.43. The van der Waals surface area contributed by atoms with Crippen molar-refractivity contribution >= 4 is 5.91 Å². The number of nitrogens with two attached hydrogens (primary N) is 1. The number of nitrogens with zero attached hydrogens (tertiary/aromatic N) is 1. The predicted molar refractivity (Wildman–Crippen MR) is 82.3 cm³/mol. The molecule has 2 rings (SSSR count). The van der Waals surface area contributed by atoms with E-state index in [0.717, 1.165) is 19.4 Å². The molecule has 0 aromatic heterocycles. The lowest BCUT2D eigenvalue weighted by Gasteiger charge is -2.35. The summed E-state index contributed by atoms with van der Waals surface area (Å²) in [5.41, 5.74) is 8.78. The number of hydrogen-bond donors (Lipinski definition) is 1. The quantitative estimate of drug-likeness (QED) is 0.921. The van der Waals surface area contributed by atoms with Crippen molar-refractivity contribution in [3.8, 4) is 0 Å². The minimum absolute atomic E-state index is 0.0213. The number of carbonyl (C=O) groups is 1. The molecule has 1 aromatic carbocycles. The first-order valence-corrected chi connectivity index (χ1v) is 7.60. The van der Waals surface area contributed by atoms with Gasteiger partial charge >= 0.3 is 0 Å². The number of aryl methyl sites for hydroxylation is 1. The Kier molecular flexibility index (Phi) is 4.81. The molecule has 1 fully saturated rings. The zero-order valence-corrected chi connectivity index (χ0v) is 12.8. The van der Waals surface area contributed by atoms with Crippen molar-refractivity contribution in [3.05, 3.63) is 35.4 Å². The highest BCUT2D eigenvalue weighted by Crippen LogP contribution is 2.31. The van der Waals surface area contributed by atoms with Crippen LogP contribution in [-0.2, 0) is 4.79 Å². The molecule has 2 unspecified atom stereocenters. The second kappa shape index (κ2) is 6.40. The van der Waals surface area contributed by atoms with Gasteiger partial charge in [-0.1, -0.05) is 43.7 Å². The summed E-state index contributed by atoms with van der Waals surface area (Å²) in [6.45, 7) is 7.16. The van der Waals surface area contributed by atoms with Gasteiger partial charge in [-0.05, 0) is 31.2 Å². The molecule has 0 radical (unpaired) electrons. The van der Waals surface area contributed by atoms with E-state index >= 15 is 0 Å². The lowest BCUT2D eigenvalue weighted by molar-refractivity contribution is -0.133. The van der Waals surface area contributed by atoms with Gasteiger partial charge in [0, 0.05) is 19.0 Å². The average molecular weight is 274 g/mol. The van der Waals surface area contributed by atoms with E-state index in [0.29, 0.717) is 12.3 Å². The van der Waals surface area contributed by atoms with Crippen LogP contribution < -0.4 is 5.73 Å². The van der Waals surface area contributed by atoms with Gasteiger partial charge in [0.05, 0.1) is 6.04 Å². The lowest BCUT2D eigenvalue weighted by atomic mass is 9.95. The van der Waals surface area contributed by atoms with Crippen molar-refractivity contribution in [3.63, 3.8) is 0 Å². The number of hydrogen-bond acceptors (Lipinski definition) is 2. The summed E-state index contributed by atoms with van der Waals surface area (Å²) in [6.07, 6.45) is 2.44. The first kappa shape index (κ1) is 15.0. The zero-order valence-electron chi connectivity index (χ0n) is 12.8. The monoisotopic (exact) mass is 274 g/mol. The molecule has 1 saturated heterocycles. The fourth-order valence-electron chi connectivity index (χ4n) is 2.98. The number of likely N-dealkylation sites (tertiary alicyclic amines) is 1. The van der Waals surface area contributed by atoms with Gasteiger partial charge in [-0.25, -0.2) is 0 Å². The van der Waals surface area contributed by atoms with Crippen LogP contribution in [0.2, 0.25) is 0 Å². The summed E-state index contributed by atoms with van der Waals surface area (Å²) in [7, 11) is 0. The third kappa shape index (κ3) is 3.40. The van der Waals surface area contributed by atoms with Crippen LogP contribution in [0.1, 0.15) is 50.3 Å². The summed E-state index contributed by atoms with van der Waals surface area (Å²) in [6, 6.07) is 8.49. The fraction of sp³-hybridized carbons (Fsp3) is 0.588. The minimum atomic E-state index is 0.0213. The molecule has 3 nitrogen and oxygen atoms in total. The maximum absolute atomic E-state index is 12.4. The number of amides is 1. The topological polar surface area (TPSA) is 46.3 Å². The van der Waals surface area contributed by atoms with Crippen molar-refractivity contribution in [1.82, 2.24) is 4.90 Å².